The summed E-state index contributed by atoms with van der Waals surface area (Å²) in [6.45, 7) is 1.12. The van der Waals surface area contributed by atoms with Crippen LogP contribution in [0, 0.1) is 0 Å². The number of nitrogens with one attached hydrogen (secondary N) is 2. The largest absolute Gasteiger partial charge is 0.431 e. The highest BCUT2D eigenvalue weighted by molar-refractivity contribution is 5.07. The molecule has 0 aliphatic rings. The third-order valence-corrected chi connectivity index (χ3v) is 2.26. The summed E-state index contributed by atoms with van der Waals surface area (Å²) in [4.78, 5) is 15.2. The summed E-state index contributed by atoms with van der Waals surface area (Å²) >= 11 is 0. The fraction of sp³-hybridized carbons (Fsp3) is 0.300. The lowest BCUT2D eigenvalue weighted by molar-refractivity contribution is -0.746. The molecule has 0 atom stereocenters. The Bertz CT molecular complexity index is 503. The molecule has 0 aliphatic heterocycles. The second kappa shape index (κ2) is 4.71. The quantitative estimate of drug-likeness (QED) is 0.681. The van der Waals surface area contributed by atoms with Crippen LogP contribution in [0.25, 0.3) is 0 Å². The van der Waals surface area contributed by atoms with Gasteiger partial charge in [-0.05, 0) is 16.9 Å². The lowest BCUT2D eigenvalue weighted by Crippen LogP contribution is -2.38. The van der Waals surface area contributed by atoms with Crippen LogP contribution in [0.15, 0.2) is 33.8 Å². The van der Waals surface area contributed by atoms with Crippen LogP contribution in [0.4, 0.5) is 0 Å². The van der Waals surface area contributed by atoms with Crippen molar-refractivity contribution in [3.05, 3.63) is 46.2 Å². The van der Waals surface area contributed by atoms with Crippen LogP contribution in [0.1, 0.15) is 11.3 Å². The van der Waals surface area contributed by atoms with Gasteiger partial charge in [-0.3, -0.25) is 9.51 Å². The van der Waals surface area contributed by atoms with E-state index in [1.165, 1.54) is 0 Å². The van der Waals surface area contributed by atoms with Gasteiger partial charge >= 0.3 is 11.3 Å². The van der Waals surface area contributed by atoms with Crippen molar-refractivity contribution in [3.8, 4) is 0 Å². The molecule has 0 fully saturated rings. The topological polar surface area (TPSA) is 74.8 Å². The number of hydrogen-bond acceptors (Lipinski definition) is 4. The Morgan fingerprint density at radius 1 is 1.56 bits per heavy atom. The molecule has 84 valence electrons. The standard InChI is InChI=1S/C10H12N4O2/c1-14-9(10(15)16-13-14)7-12-6-8-3-2-4-11-5-8/h2-5,12H,6-7H2,1H3/p+1. The van der Waals surface area contributed by atoms with Gasteiger partial charge in [-0.25, -0.2) is 4.79 Å². The van der Waals surface area contributed by atoms with Gasteiger partial charge in [0.05, 0.1) is 6.54 Å². The van der Waals surface area contributed by atoms with Crippen LogP contribution < -0.4 is 15.6 Å². The van der Waals surface area contributed by atoms with Gasteiger partial charge in [0.1, 0.15) is 0 Å². The Morgan fingerprint density at radius 2 is 2.44 bits per heavy atom. The molecule has 0 aromatic carbocycles. The van der Waals surface area contributed by atoms with Crippen LogP contribution in [0.3, 0.4) is 0 Å². The van der Waals surface area contributed by atoms with E-state index in [1.54, 1.807) is 24.1 Å². The molecule has 0 saturated carbocycles. The Morgan fingerprint density at radius 3 is 3.06 bits per heavy atom. The zero-order valence-corrected chi connectivity index (χ0v) is 8.93. The predicted molar refractivity (Wildman–Crippen MR) is 55.3 cm³/mol. The van der Waals surface area contributed by atoms with Crippen molar-refractivity contribution in [3.63, 3.8) is 0 Å². The van der Waals surface area contributed by atoms with Crippen molar-refractivity contribution in [2.45, 2.75) is 13.1 Å². The Kier molecular flexibility index (Phi) is 3.11. The lowest BCUT2D eigenvalue weighted by Gasteiger charge is -1.99. The normalized spacial score (nSPS) is 10.6. The molecule has 6 heteroatoms. The van der Waals surface area contributed by atoms with E-state index in [9.17, 15) is 4.79 Å². The third-order valence-electron chi connectivity index (χ3n) is 2.26. The molecule has 0 spiro atoms. The first kappa shape index (κ1) is 10.6. The van der Waals surface area contributed by atoms with Crippen LogP contribution in [0.2, 0.25) is 0 Å². The van der Waals surface area contributed by atoms with Crippen LogP contribution >= 0.6 is 0 Å². The van der Waals surface area contributed by atoms with Crippen molar-refractivity contribution in [2.75, 3.05) is 0 Å². The highest BCUT2D eigenvalue weighted by Gasteiger charge is 2.15. The molecule has 6 nitrogen and oxygen atoms in total. The molecule has 0 amide bonds. The van der Waals surface area contributed by atoms with Gasteiger partial charge in [-0.1, -0.05) is 10.7 Å². The van der Waals surface area contributed by atoms with Crippen molar-refractivity contribution >= 4 is 0 Å². The van der Waals surface area contributed by atoms with Crippen LogP contribution in [-0.2, 0) is 20.1 Å². The van der Waals surface area contributed by atoms with Gasteiger partial charge < -0.3 is 5.32 Å². The average molecular weight is 221 g/mol. The number of nitrogens with zero attached hydrogens (tertiary/aromatic N) is 2. The van der Waals surface area contributed by atoms with Gasteiger partial charge in [0.25, 0.3) is 0 Å². The summed E-state index contributed by atoms with van der Waals surface area (Å²) in [5, 5.41) is 5.61. The fourth-order valence-electron chi connectivity index (χ4n) is 1.38. The van der Waals surface area contributed by atoms with Crippen LogP contribution in [0.5, 0.6) is 0 Å². The van der Waals surface area contributed by atoms with Gasteiger partial charge in [-0.15, -0.1) is 0 Å². The smallest absolute Gasteiger partial charge is 0.303 e. The molecule has 2 aromatic rings. The average Bonchev–Trinajstić information content (AvgIpc) is 2.62. The van der Waals surface area contributed by atoms with E-state index in [0.717, 1.165) is 5.56 Å². The van der Waals surface area contributed by atoms with Gasteiger partial charge in [0.2, 0.25) is 0 Å². The van der Waals surface area contributed by atoms with E-state index in [2.05, 4.69) is 20.1 Å². The van der Waals surface area contributed by atoms with E-state index in [-0.39, 0.29) is 5.63 Å². The number of hydrogen-bond donors (Lipinski definition) is 2. The van der Waals surface area contributed by atoms with Gasteiger partial charge in [0, 0.05) is 18.9 Å². The first-order chi connectivity index (χ1) is 7.77. The number of pyridine rings is 1. The third kappa shape index (κ3) is 2.34. The summed E-state index contributed by atoms with van der Waals surface area (Å²) in [7, 11) is 1.73. The van der Waals surface area contributed by atoms with E-state index in [4.69, 9.17) is 0 Å². The number of rotatable bonds is 4. The summed E-state index contributed by atoms with van der Waals surface area (Å²) < 4.78 is 6.18. The Balaban J connectivity index is 1.92. The second-order valence-corrected chi connectivity index (χ2v) is 3.45. The van der Waals surface area contributed by atoms with Crippen molar-refractivity contribution in [1.29, 1.82) is 0 Å². The highest BCUT2D eigenvalue weighted by atomic mass is 16.5. The maximum atomic E-state index is 11.2. The molecular weight excluding hydrogens is 208 g/mol. The van der Waals surface area contributed by atoms with Crippen molar-refractivity contribution in [1.82, 2.24) is 15.6 Å². The van der Waals surface area contributed by atoms with Crippen molar-refractivity contribution in [2.24, 2.45) is 7.05 Å². The lowest BCUT2D eigenvalue weighted by atomic mass is 10.3. The van der Waals surface area contributed by atoms with Crippen molar-refractivity contribution < 1.29 is 9.20 Å². The molecule has 2 heterocycles. The summed E-state index contributed by atoms with van der Waals surface area (Å²) in [5.74, 6) is 0. The molecule has 0 bridgehead atoms. The molecule has 0 unspecified atom stereocenters. The summed E-state index contributed by atoms with van der Waals surface area (Å²) in [6, 6.07) is 3.85. The molecule has 2 aromatic heterocycles. The predicted octanol–water partition coefficient (Wildman–Crippen LogP) is -0.523. The first-order valence-electron chi connectivity index (χ1n) is 4.93. The van der Waals surface area contributed by atoms with E-state index >= 15 is 0 Å². The minimum atomic E-state index is -0.346. The number of aromatic amines is 1. The maximum Gasteiger partial charge on any atom is 0.431 e. The minimum absolute atomic E-state index is 0.346. The highest BCUT2D eigenvalue weighted by Crippen LogP contribution is 1.94. The van der Waals surface area contributed by atoms with Crippen LogP contribution in [-0.4, -0.2) is 10.3 Å². The molecule has 2 rings (SSSR count). The molecular formula is C10H13N4O2+. The fourth-order valence-corrected chi connectivity index (χ4v) is 1.38. The Labute approximate surface area is 91.9 Å². The molecule has 0 aliphatic carbocycles. The van der Waals surface area contributed by atoms with E-state index < -0.39 is 0 Å². The molecule has 16 heavy (non-hydrogen) atoms. The molecule has 2 N–H and O–H groups in total. The van der Waals surface area contributed by atoms with E-state index in [0.29, 0.717) is 18.8 Å². The number of aryl methyl sites for hydroxylation is 1. The molecule has 0 saturated heterocycles. The molecule has 0 radical (unpaired) electrons. The second-order valence-electron chi connectivity index (χ2n) is 3.45. The Hall–Kier alpha value is -1.95. The number of H-pyrrole nitrogens is 1. The SMILES string of the molecule is C[n+]1[nH]oc(=O)c1CNCc1cccnc1. The first-order valence-corrected chi connectivity index (χ1v) is 4.93. The van der Waals surface area contributed by atoms with Gasteiger partial charge in [0.15, 0.2) is 7.05 Å². The zero-order chi connectivity index (χ0) is 11.4. The number of aromatic nitrogens is 3. The monoisotopic (exact) mass is 221 g/mol. The minimum Gasteiger partial charge on any atom is -0.303 e. The summed E-state index contributed by atoms with van der Waals surface area (Å²) in [5.41, 5.74) is 1.29. The zero-order valence-electron chi connectivity index (χ0n) is 8.93. The van der Waals surface area contributed by atoms with Gasteiger partial charge in [-0.2, -0.15) is 0 Å². The van der Waals surface area contributed by atoms with E-state index in [1.807, 2.05) is 12.1 Å². The summed E-state index contributed by atoms with van der Waals surface area (Å²) in [6.07, 6.45) is 3.51. The maximum absolute atomic E-state index is 11.2.